The second-order valence-corrected chi connectivity index (χ2v) is 9.98. The molecule has 1 aromatic carbocycles. The first-order chi connectivity index (χ1) is 14.9. The minimum atomic E-state index is -4.58. The van der Waals surface area contributed by atoms with Gasteiger partial charge in [-0.05, 0) is 25.0 Å². The van der Waals surface area contributed by atoms with E-state index in [1.54, 1.807) is 0 Å². The molecule has 0 spiro atoms. The lowest BCUT2D eigenvalue weighted by Gasteiger charge is -2.20. The van der Waals surface area contributed by atoms with E-state index < -0.39 is 45.7 Å². The Balaban J connectivity index is 1.70. The Morgan fingerprint density at radius 1 is 1.41 bits per heavy atom. The summed E-state index contributed by atoms with van der Waals surface area (Å²) in [6.45, 7) is -1.86. The van der Waals surface area contributed by atoms with Crippen molar-refractivity contribution in [1.82, 2.24) is 10.2 Å². The van der Waals surface area contributed by atoms with E-state index >= 15 is 0 Å². The fourth-order valence-electron chi connectivity index (χ4n) is 3.12. The molecule has 9 nitrogen and oxygen atoms in total. The number of alkyl carbamates (subject to hydrolysis) is 1. The molecule has 2 amide bonds. The molecule has 1 saturated carbocycles. The van der Waals surface area contributed by atoms with Crippen molar-refractivity contribution < 1.29 is 40.7 Å². The summed E-state index contributed by atoms with van der Waals surface area (Å²) >= 11 is 5.98. The van der Waals surface area contributed by atoms with Gasteiger partial charge in [-0.2, -0.15) is 18.4 Å². The van der Waals surface area contributed by atoms with E-state index in [0.717, 1.165) is 23.1 Å². The smallest absolute Gasteiger partial charge is 0.422 e. The topological polar surface area (TPSA) is 126 Å². The molecule has 1 heterocycles. The first-order valence-corrected chi connectivity index (χ1v) is 11.2. The quantitative estimate of drug-likeness (QED) is 0.575. The molecule has 2 atom stereocenters. The summed E-state index contributed by atoms with van der Waals surface area (Å²) < 4.78 is 72.6. The number of ether oxygens (including phenoxy) is 2. The van der Waals surface area contributed by atoms with Gasteiger partial charge in [0.1, 0.15) is 11.3 Å². The number of carbonyl (C=O) groups excluding carboxylic acids is 2. The van der Waals surface area contributed by atoms with Gasteiger partial charge in [0.25, 0.3) is 0 Å². The average Bonchev–Trinajstić information content (AvgIpc) is 3.35. The molecule has 3 rings (SSSR count). The van der Waals surface area contributed by atoms with Gasteiger partial charge in [-0.3, -0.25) is 4.79 Å². The van der Waals surface area contributed by atoms with Crippen molar-refractivity contribution in [3.8, 4) is 11.8 Å². The highest BCUT2D eigenvalue weighted by molar-refractivity contribution is 7.92. The summed E-state index contributed by atoms with van der Waals surface area (Å²) in [5.41, 5.74) is -1.00. The largest absolute Gasteiger partial charge is 0.484 e. The number of nitrogens with one attached hydrogen (secondary N) is 1. The van der Waals surface area contributed by atoms with E-state index in [1.165, 1.54) is 0 Å². The fourth-order valence-corrected chi connectivity index (χ4v) is 5.35. The molecule has 32 heavy (non-hydrogen) atoms. The minimum Gasteiger partial charge on any atom is -0.484 e. The number of rotatable bonds is 7. The molecule has 1 aliphatic heterocycles. The molecule has 0 radical (unpaired) electrons. The van der Waals surface area contributed by atoms with Gasteiger partial charge < -0.3 is 19.7 Å². The molecule has 0 aromatic heterocycles. The number of nitriles is 1. The van der Waals surface area contributed by atoms with Gasteiger partial charge in [-0.15, -0.1) is 0 Å². The number of carbonyl (C=O) groups is 2. The van der Waals surface area contributed by atoms with Crippen LogP contribution in [0.5, 0.6) is 5.75 Å². The van der Waals surface area contributed by atoms with Crippen molar-refractivity contribution >= 4 is 33.9 Å². The van der Waals surface area contributed by atoms with Crippen molar-refractivity contribution in [1.29, 1.82) is 5.26 Å². The van der Waals surface area contributed by atoms with Crippen LogP contribution in [0, 0.1) is 11.3 Å². The molecule has 1 aromatic rings. The normalized spacial score (nSPS) is 22.0. The molecule has 1 unspecified atom stereocenters. The molecule has 2 aliphatic rings. The van der Waals surface area contributed by atoms with Crippen LogP contribution in [0.3, 0.4) is 0 Å². The number of hydrogen-bond acceptors (Lipinski definition) is 7. The highest BCUT2D eigenvalue weighted by Crippen LogP contribution is 2.36. The van der Waals surface area contributed by atoms with Gasteiger partial charge >= 0.3 is 12.3 Å². The summed E-state index contributed by atoms with van der Waals surface area (Å²) in [6, 6.07) is 4.94. The molecular formula is C18H17ClF3N3O6S. The Morgan fingerprint density at radius 3 is 2.62 bits per heavy atom. The van der Waals surface area contributed by atoms with Crippen LogP contribution in [0.25, 0.3) is 0 Å². The Hall–Kier alpha value is -2.72. The summed E-state index contributed by atoms with van der Waals surface area (Å²) in [5.74, 6) is -0.267. The van der Waals surface area contributed by atoms with E-state index in [9.17, 15) is 31.2 Å². The molecule has 1 N–H and O–H groups in total. The number of alkyl halides is 3. The molecule has 1 aliphatic carbocycles. The zero-order chi connectivity index (χ0) is 23.7. The molecule has 1 saturated heterocycles. The van der Waals surface area contributed by atoms with Crippen LogP contribution in [-0.2, 0) is 19.4 Å². The number of halogens is 4. The van der Waals surface area contributed by atoms with E-state index in [-0.39, 0.29) is 28.6 Å². The van der Waals surface area contributed by atoms with E-state index in [1.807, 2.05) is 6.07 Å². The van der Waals surface area contributed by atoms with E-state index in [0.29, 0.717) is 19.3 Å². The van der Waals surface area contributed by atoms with Crippen LogP contribution in [0.4, 0.5) is 18.0 Å². The maximum atomic E-state index is 13.0. The predicted octanol–water partition coefficient (Wildman–Crippen LogP) is 2.39. The van der Waals surface area contributed by atoms with Gasteiger partial charge in [0, 0.05) is 19.0 Å². The summed E-state index contributed by atoms with van der Waals surface area (Å²) in [7, 11) is -4.14. The van der Waals surface area contributed by atoms with Crippen molar-refractivity contribution in [2.45, 2.75) is 47.4 Å². The second kappa shape index (κ2) is 8.67. The molecule has 14 heteroatoms. The first kappa shape index (κ1) is 23.9. The Labute approximate surface area is 185 Å². The Bertz CT molecular complexity index is 1060. The lowest BCUT2D eigenvalue weighted by atomic mass is 10.3. The standard InChI is InChI=1S/C18H17ClF3N3O6S/c19-13-5-11(30-9-18(20,21)22)1-2-14(13)32(28,29)12-6-15(25(7-12)10-26)31-16(27)24-17(8-23)3-4-17/h1-2,5,10,12,15H,3-4,6-7,9H2,(H,24,27)/t12-,15?/m1/s1. The molecule has 2 fully saturated rings. The second-order valence-electron chi connectivity index (χ2n) is 7.38. The zero-order valence-electron chi connectivity index (χ0n) is 16.3. The monoisotopic (exact) mass is 495 g/mol. The van der Waals surface area contributed by atoms with Crippen molar-refractivity contribution in [3.05, 3.63) is 23.2 Å². The van der Waals surface area contributed by atoms with Crippen molar-refractivity contribution in [2.75, 3.05) is 13.2 Å². The number of amides is 2. The van der Waals surface area contributed by atoms with Crippen LogP contribution >= 0.6 is 11.6 Å². The minimum absolute atomic E-state index is 0.253. The maximum Gasteiger partial charge on any atom is 0.422 e. The van der Waals surface area contributed by atoms with Crippen molar-refractivity contribution in [2.24, 2.45) is 0 Å². The number of sulfone groups is 1. The van der Waals surface area contributed by atoms with Crippen LogP contribution in [0.1, 0.15) is 19.3 Å². The van der Waals surface area contributed by atoms with E-state index in [2.05, 4.69) is 10.1 Å². The first-order valence-electron chi connectivity index (χ1n) is 9.23. The van der Waals surface area contributed by atoms with Gasteiger partial charge in [0.05, 0.1) is 21.2 Å². The van der Waals surface area contributed by atoms with Crippen molar-refractivity contribution in [3.63, 3.8) is 0 Å². The van der Waals surface area contributed by atoms with Crippen LogP contribution < -0.4 is 10.1 Å². The van der Waals surface area contributed by atoms with Crippen LogP contribution in [0.15, 0.2) is 23.1 Å². The highest BCUT2D eigenvalue weighted by atomic mass is 35.5. The van der Waals surface area contributed by atoms with Gasteiger partial charge in [-0.25, -0.2) is 13.2 Å². The Kier molecular flexibility index (Phi) is 6.48. The number of hydrogen-bond donors (Lipinski definition) is 1. The summed E-state index contributed by atoms with van der Waals surface area (Å²) in [4.78, 5) is 24.0. The lowest BCUT2D eigenvalue weighted by Crippen LogP contribution is -2.41. The Morgan fingerprint density at radius 2 is 2.09 bits per heavy atom. The van der Waals surface area contributed by atoms with Crippen LogP contribution in [0.2, 0.25) is 5.02 Å². The zero-order valence-corrected chi connectivity index (χ0v) is 17.8. The lowest BCUT2D eigenvalue weighted by molar-refractivity contribution is -0.153. The van der Waals surface area contributed by atoms with Gasteiger partial charge in [0.2, 0.25) is 6.41 Å². The summed E-state index contributed by atoms with van der Waals surface area (Å²) in [6.07, 6.45) is -5.72. The number of likely N-dealkylation sites (tertiary alicyclic amines) is 1. The average molecular weight is 496 g/mol. The number of nitrogens with zero attached hydrogens (tertiary/aromatic N) is 2. The molecule has 174 valence electrons. The number of benzene rings is 1. The molecular weight excluding hydrogens is 479 g/mol. The van der Waals surface area contributed by atoms with Crippen LogP contribution in [-0.4, -0.2) is 62.2 Å². The van der Waals surface area contributed by atoms with Gasteiger partial charge in [-0.1, -0.05) is 11.6 Å². The fraction of sp³-hybridized carbons (Fsp3) is 0.500. The third-order valence-electron chi connectivity index (χ3n) is 4.98. The van der Waals surface area contributed by atoms with Gasteiger partial charge in [0.15, 0.2) is 22.7 Å². The SMILES string of the molecule is N#CC1(NC(=O)OC2C[C@@H](S(=O)(=O)c3ccc(OCC(F)(F)F)cc3Cl)CN2C=O)CC1. The molecule has 0 bridgehead atoms. The summed E-state index contributed by atoms with van der Waals surface area (Å²) in [5, 5.41) is 9.86. The third kappa shape index (κ3) is 5.36. The highest BCUT2D eigenvalue weighted by Gasteiger charge is 2.47. The third-order valence-corrected chi connectivity index (χ3v) is 7.60. The maximum absolute atomic E-state index is 13.0. The van der Waals surface area contributed by atoms with E-state index in [4.69, 9.17) is 21.6 Å². The predicted molar refractivity (Wildman–Crippen MR) is 102 cm³/mol.